The van der Waals surface area contributed by atoms with Gasteiger partial charge in [0.05, 0.1) is 13.7 Å². The van der Waals surface area contributed by atoms with Crippen LogP contribution in [0.5, 0.6) is 0 Å². The Morgan fingerprint density at radius 1 is 1.13 bits per heavy atom. The number of hydrogen-bond donors (Lipinski definition) is 2. The molecule has 1 amide bonds. The molecule has 0 aliphatic rings. The Labute approximate surface area is 134 Å². The van der Waals surface area contributed by atoms with E-state index in [9.17, 15) is 14.7 Å². The number of hydrogen-bond acceptors (Lipinski definition) is 4. The van der Waals surface area contributed by atoms with Crippen LogP contribution in [0.25, 0.3) is 11.1 Å². The quantitative estimate of drug-likeness (QED) is 0.827. The molecule has 0 radical (unpaired) electrons. The van der Waals surface area contributed by atoms with Gasteiger partial charge in [-0.25, -0.2) is 4.79 Å². The van der Waals surface area contributed by atoms with Gasteiger partial charge in [0.15, 0.2) is 6.04 Å². The summed E-state index contributed by atoms with van der Waals surface area (Å²) in [5.41, 5.74) is 3.10. The molecule has 2 aromatic rings. The number of rotatable bonds is 5. The number of benzene rings is 2. The zero-order valence-electron chi connectivity index (χ0n) is 13.1. The van der Waals surface area contributed by atoms with Gasteiger partial charge in [-0.05, 0) is 29.7 Å². The van der Waals surface area contributed by atoms with Crippen LogP contribution in [-0.2, 0) is 9.53 Å². The molecule has 2 N–H and O–H groups in total. The molecule has 0 aliphatic carbocycles. The first-order valence-electron chi connectivity index (χ1n) is 7.23. The van der Waals surface area contributed by atoms with Crippen molar-refractivity contribution in [2.24, 2.45) is 0 Å². The summed E-state index contributed by atoms with van der Waals surface area (Å²) >= 11 is 0. The smallest absolute Gasteiger partial charge is 0.330 e. The third-order valence-corrected chi connectivity index (χ3v) is 3.55. The van der Waals surface area contributed by atoms with Crippen LogP contribution < -0.4 is 5.32 Å². The van der Waals surface area contributed by atoms with E-state index in [1.165, 1.54) is 7.11 Å². The summed E-state index contributed by atoms with van der Waals surface area (Å²) < 4.78 is 4.56. The summed E-state index contributed by atoms with van der Waals surface area (Å²) in [5, 5.41) is 11.8. The molecule has 0 heterocycles. The highest BCUT2D eigenvalue weighted by Crippen LogP contribution is 2.27. The molecule has 0 bridgehead atoms. The number of carbonyl (C=O) groups excluding carboxylic acids is 2. The molecule has 0 spiro atoms. The van der Waals surface area contributed by atoms with Gasteiger partial charge >= 0.3 is 5.97 Å². The Kier molecular flexibility index (Phi) is 5.49. The second-order valence-corrected chi connectivity index (χ2v) is 5.10. The molecular weight excluding hydrogens is 294 g/mol. The summed E-state index contributed by atoms with van der Waals surface area (Å²) in [4.78, 5) is 24.1. The third-order valence-electron chi connectivity index (χ3n) is 3.55. The molecule has 0 fully saturated rings. The normalized spacial score (nSPS) is 11.6. The van der Waals surface area contributed by atoms with Crippen molar-refractivity contribution in [3.8, 4) is 11.1 Å². The van der Waals surface area contributed by atoms with Crippen LogP contribution in [0.4, 0.5) is 0 Å². The molecule has 5 heteroatoms. The van der Waals surface area contributed by atoms with Crippen molar-refractivity contribution in [3.63, 3.8) is 0 Å². The van der Waals surface area contributed by atoms with E-state index in [4.69, 9.17) is 0 Å². The summed E-state index contributed by atoms with van der Waals surface area (Å²) in [6.45, 7) is 1.40. The van der Waals surface area contributed by atoms with E-state index in [0.29, 0.717) is 5.56 Å². The van der Waals surface area contributed by atoms with Crippen molar-refractivity contribution in [1.29, 1.82) is 0 Å². The molecule has 5 nitrogen and oxygen atoms in total. The number of amides is 1. The zero-order chi connectivity index (χ0) is 16.8. The average molecular weight is 313 g/mol. The van der Waals surface area contributed by atoms with Gasteiger partial charge in [-0.2, -0.15) is 0 Å². The van der Waals surface area contributed by atoms with Crippen molar-refractivity contribution in [3.05, 3.63) is 59.7 Å². The minimum absolute atomic E-state index is 0.433. The van der Waals surface area contributed by atoms with Crippen LogP contribution in [0.2, 0.25) is 0 Å². The maximum absolute atomic E-state index is 12.6. The van der Waals surface area contributed by atoms with Gasteiger partial charge in [0.2, 0.25) is 0 Å². The lowest BCUT2D eigenvalue weighted by molar-refractivity contribution is -0.143. The van der Waals surface area contributed by atoms with Gasteiger partial charge in [0.1, 0.15) is 0 Å². The molecule has 0 saturated carbocycles. The highest BCUT2D eigenvalue weighted by molar-refractivity contribution is 6.03. The Morgan fingerprint density at radius 3 is 2.43 bits per heavy atom. The number of nitrogens with one attached hydrogen (secondary N) is 1. The number of esters is 1. The third kappa shape index (κ3) is 3.76. The first kappa shape index (κ1) is 16.7. The van der Waals surface area contributed by atoms with E-state index in [0.717, 1.165) is 16.7 Å². The van der Waals surface area contributed by atoms with Crippen LogP contribution in [0, 0.1) is 6.92 Å². The van der Waals surface area contributed by atoms with E-state index in [1.54, 1.807) is 12.1 Å². The zero-order valence-corrected chi connectivity index (χ0v) is 13.1. The van der Waals surface area contributed by atoms with Gasteiger partial charge in [0.25, 0.3) is 5.91 Å². The van der Waals surface area contributed by atoms with Gasteiger partial charge in [-0.1, -0.05) is 42.5 Å². The summed E-state index contributed by atoms with van der Waals surface area (Å²) in [6.07, 6.45) is 0. The molecule has 1 atom stereocenters. The lowest BCUT2D eigenvalue weighted by Gasteiger charge is -2.17. The van der Waals surface area contributed by atoms with Gasteiger partial charge in [-0.3, -0.25) is 4.79 Å². The topological polar surface area (TPSA) is 75.6 Å². The molecule has 2 aromatic carbocycles. The SMILES string of the molecule is COC(=O)[C@H](CO)NC(=O)c1cccc(C)c1-c1ccccc1. The molecule has 120 valence electrons. The molecule has 23 heavy (non-hydrogen) atoms. The lowest BCUT2D eigenvalue weighted by Crippen LogP contribution is -2.44. The number of carbonyl (C=O) groups is 2. The first-order valence-corrected chi connectivity index (χ1v) is 7.23. The van der Waals surface area contributed by atoms with Crippen LogP contribution in [-0.4, -0.2) is 36.7 Å². The van der Waals surface area contributed by atoms with Crippen molar-refractivity contribution >= 4 is 11.9 Å². The monoisotopic (exact) mass is 313 g/mol. The lowest BCUT2D eigenvalue weighted by atomic mass is 9.94. The highest BCUT2D eigenvalue weighted by atomic mass is 16.5. The van der Waals surface area contributed by atoms with Gasteiger partial charge in [0, 0.05) is 5.56 Å². The largest absolute Gasteiger partial charge is 0.467 e. The van der Waals surface area contributed by atoms with E-state index in [-0.39, 0.29) is 0 Å². The van der Waals surface area contributed by atoms with Gasteiger partial charge < -0.3 is 15.2 Å². The van der Waals surface area contributed by atoms with Crippen LogP contribution in [0.3, 0.4) is 0 Å². The number of aliphatic hydroxyl groups is 1. The van der Waals surface area contributed by atoms with Gasteiger partial charge in [-0.15, -0.1) is 0 Å². The van der Waals surface area contributed by atoms with Crippen LogP contribution in [0.15, 0.2) is 48.5 Å². The van der Waals surface area contributed by atoms with E-state index >= 15 is 0 Å². The van der Waals surface area contributed by atoms with E-state index in [1.807, 2.05) is 43.3 Å². The minimum atomic E-state index is -1.09. The maximum atomic E-state index is 12.6. The molecule has 0 saturated heterocycles. The fraction of sp³-hybridized carbons (Fsp3) is 0.222. The Bertz CT molecular complexity index is 697. The molecule has 0 aromatic heterocycles. The number of ether oxygens (including phenoxy) is 1. The summed E-state index contributed by atoms with van der Waals surface area (Å²) in [6, 6.07) is 13.8. The summed E-state index contributed by atoms with van der Waals surface area (Å²) in [5.74, 6) is -1.12. The summed E-state index contributed by atoms with van der Waals surface area (Å²) in [7, 11) is 1.21. The molecule has 0 aliphatic heterocycles. The predicted molar refractivity (Wildman–Crippen MR) is 87.0 cm³/mol. The minimum Gasteiger partial charge on any atom is -0.467 e. The second kappa shape index (κ2) is 7.56. The average Bonchev–Trinajstić information content (AvgIpc) is 2.59. The van der Waals surface area contributed by atoms with Crippen molar-refractivity contribution in [2.75, 3.05) is 13.7 Å². The molecular formula is C18H19NO4. The number of aryl methyl sites for hydroxylation is 1. The highest BCUT2D eigenvalue weighted by Gasteiger charge is 2.23. The van der Waals surface area contributed by atoms with E-state index < -0.39 is 24.5 Å². The molecule has 0 unspecified atom stereocenters. The van der Waals surface area contributed by atoms with Crippen molar-refractivity contribution < 1.29 is 19.4 Å². The first-order chi connectivity index (χ1) is 11.1. The standard InChI is InChI=1S/C18H19NO4/c1-12-7-6-10-14(16(12)13-8-4-3-5-9-13)17(21)19-15(11-20)18(22)23-2/h3-10,15,20H,11H2,1-2H3,(H,19,21)/t15-/m0/s1. The van der Waals surface area contributed by atoms with Crippen molar-refractivity contribution in [2.45, 2.75) is 13.0 Å². The number of aliphatic hydroxyl groups excluding tert-OH is 1. The Hall–Kier alpha value is -2.66. The van der Waals surface area contributed by atoms with Crippen LogP contribution >= 0.6 is 0 Å². The predicted octanol–water partition coefficient (Wildman–Crippen LogP) is 1.93. The second-order valence-electron chi connectivity index (χ2n) is 5.10. The molecule has 2 rings (SSSR count). The Balaban J connectivity index is 2.38. The van der Waals surface area contributed by atoms with Crippen LogP contribution in [0.1, 0.15) is 15.9 Å². The van der Waals surface area contributed by atoms with Crippen molar-refractivity contribution in [1.82, 2.24) is 5.32 Å². The Morgan fingerprint density at radius 2 is 1.83 bits per heavy atom. The maximum Gasteiger partial charge on any atom is 0.330 e. The fourth-order valence-corrected chi connectivity index (χ4v) is 2.40. The fourth-order valence-electron chi connectivity index (χ4n) is 2.40. The van der Waals surface area contributed by atoms with E-state index in [2.05, 4.69) is 10.1 Å². The number of methoxy groups -OCH3 is 1.